The standard InChI is InChI=1S/C22H26ClF3N4OSi/c1-32(2,3)21-14-30(29-28-21)17-8-4-6-15(12-17)7-5-9-20(31)27-16-10-11-19(23)18(13-16)22(24,25)26/h4,6,8,10-14,28-29H,5,7,9H2,1-3H3,(H,27,31). The number of carbonyl (C=O) groups excluding carboxylic acids is 1. The molecule has 0 atom stereocenters. The second kappa shape index (κ2) is 9.56. The van der Waals surface area contributed by atoms with Gasteiger partial charge in [0.1, 0.15) is 8.07 Å². The fourth-order valence-electron chi connectivity index (χ4n) is 3.19. The van der Waals surface area contributed by atoms with Crippen molar-refractivity contribution in [3.8, 4) is 0 Å². The quantitative estimate of drug-likeness (QED) is 0.432. The minimum Gasteiger partial charge on any atom is -0.326 e. The Labute approximate surface area is 191 Å². The number of rotatable bonds is 7. The monoisotopic (exact) mass is 482 g/mol. The van der Waals surface area contributed by atoms with Crippen LogP contribution in [0.2, 0.25) is 24.7 Å². The van der Waals surface area contributed by atoms with Crippen molar-refractivity contribution in [3.63, 3.8) is 0 Å². The van der Waals surface area contributed by atoms with Crippen LogP contribution in [0.4, 0.5) is 24.5 Å². The number of hydrogen-bond acceptors (Lipinski definition) is 4. The van der Waals surface area contributed by atoms with E-state index < -0.39 is 24.8 Å². The molecule has 5 nitrogen and oxygen atoms in total. The number of amides is 1. The highest BCUT2D eigenvalue weighted by molar-refractivity contribution is 6.83. The maximum atomic E-state index is 13.0. The van der Waals surface area contributed by atoms with E-state index in [0.29, 0.717) is 12.8 Å². The van der Waals surface area contributed by atoms with Crippen molar-refractivity contribution < 1.29 is 18.0 Å². The van der Waals surface area contributed by atoms with Crippen LogP contribution in [0.15, 0.2) is 54.0 Å². The predicted molar refractivity (Wildman–Crippen MR) is 125 cm³/mol. The second-order valence-corrected chi connectivity index (χ2v) is 14.1. The Bertz CT molecular complexity index is 1020. The molecule has 1 heterocycles. The Balaban J connectivity index is 1.55. The number of carbonyl (C=O) groups is 1. The molecule has 0 saturated heterocycles. The van der Waals surface area contributed by atoms with Gasteiger partial charge in [-0.15, -0.1) is 5.53 Å². The summed E-state index contributed by atoms with van der Waals surface area (Å²) >= 11 is 5.61. The molecule has 1 aliphatic heterocycles. The third-order valence-corrected chi connectivity index (χ3v) is 7.19. The average molecular weight is 483 g/mol. The molecule has 0 fully saturated rings. The number of benzene rings is 2. The van der Waals surface area contributed by atoms with Gasteiger partial charge in [-0.3, -0.25) is 9.80 Å². The van der Waals surface area contributed by atoms with E-state index >= 15 is 0 Å². The van der Waals surface area contributed by atoms with Gasteiger partial charge in [-0.25, -0.2) is 0 Å². The molecule has 0 aromatic heterocycles. The van der Waals surface area contributed by atoms with Crippen LogP contribution in [-0.2, 0) is 17.4 Å². The molecular weight excluding hydrogens is 457 g/mol. The molecule has 0 saturated carbocycles. The van der Waals surface area contributed by atoms with Crippen LogP contribution in [0.3, 0.4) is 0 Å². The van der Waals surface area contributed by atoms with E-state index in [1.54, 1.807) is 0 Å². The summed E-state index contributed by atoms with van der Waals surface area (Å²) in [7, 11) is -1.46. The number of hydrazine groups is 2. The van der Waals surface area contributed by atoms with E-state index in [1.807, 2.05) is 29.3 Å². The van der Waals surface area contributed by atoms with Gasteiger partial charge in [0.05, 0.1) is 16.3 Å². The van der Waals surface area contributed by atoms with E-state index in [-0.39, 0.29) is 18.0 Å². The van der Waals surface area contributed by atoms with Crippen LogP contribution in [0.5, 0.6) is 0 Å². The van der Waals surface area contributed by atoms with Crippen molar-refractivity contribution in [1.29, 1.82) is 0 Å². The van der Waals surface area contributed by atoms with Crippen LogP contribution in [-0.4, -0.2) is 14.0 Å². The number of anilines is 2. The highest BCUT2D eigenvalue weighted by Gasteiger charge is 2.33. The van der Waals surface area contributed by atoms with Gasteiger partial charge in [0.2, 0.25) is 5.91 Å². The van der Waals surface area contributed by atoms with Crippen molar-refractivity contribution in [2.45, 2.75) is 45.1 Å². The molecule has 3 rings (SSSR count). The highest BCUT2D eigenvalue weighted by atomic mass is 35.5. The average Bonchev–Trinajstić information content (AvgIpc) is 3.20. The number of hydrogen-bond donors (Lipinski definition) is 3. The van der Waals surface area contributed by atoms with Gasteiger partial charge >= 0.3 is 6.18 Å². The Kier molecular flexibility index (Phi) is 7.21. The van der Waals surface area contributed by atoms with Gasteiger partial charge < -0.3 is 10.7 Å². The van der Waals surface area contributed by atoms with Gasteiger partial charge in [-0.2, -0.15) is 13.2 Å². The zero-order valence-electron chi connectivity index (χ0n) is 18.1. The summed E-state index contributed by atoms with van der Waals surface area (Å²) in [4.78, 5) is 12.2. The van der Waals surface area contributed by atoms with Crippen molar-refractivity contribution in [1.82, 2.24) is 11.0 Å². The Morgan fingerprint density at radius 1 is 1.16 bits per heavy atom. The number of nitrogens with one attached hydrogen (secondary N) is 3. The molecule has 3 N–H and O–H groups in total. The first kappa shape index (κ1) is 24.2. The zero-order chi connectivity index (χ0) is 23.5. The second-order valence-electron chi connectivity index (χ2n) is 8.66. The lowest BCUT2D eigenvalue weighted by atomic mass is 10.1. The van der Waals surface area contributed by atoms with E-state index in [0.717, 1.165) is 23.4 Å². The maximum absolute atomic E-state index is 13.0. The van der Waals surface area contributed by atoms with Gasteiger partial charge in [0.25, 0.3) is 0 Å². The molecule has 0 spiro atoms. The lowest BCUT2D eigenvalue weighted by Crippen LogP contribution is -2.40. The Morgan fingerprint density at radius 2 is 1.91 bits per heavy atom. The zero-order valence-corrected chi connectivity index (χ0v) is 19.9. The maximum Gasteiger partial charge on any atom is 0.417 e. The largest absolute Gasteiger partial charge is 0.417 e. The summed E-state index contributed by atoms with van der Waals surface area (Å²) in [6.07, 6.45) is -1.08. The summed E-state index contributed by atoms with van der Waals surface area (Å²) in [5.74, 6) is -0.343. The van der Waals surface area contributed by atoms with E-state index in [1.165, 1.54) is 11.4 Å². The predicted octanol–water partition coefficient (Wildman–Crippen LogP) is 5.87. The normalized spacial score (nSPS) is 14.2. The van der Waals surface area contributed by atoms with E-state index in [2.05, 4.69) is 42.1 Å². The van der Waals surface area contributed by atoms with Gasteiger partial charge in [0, 0.05) is 23.6 Å². The Hall–Kier alpha value is -2.49. The fourth-order valence-corrected chi connectivity index (χ4v) is 4.36. The smallest absolute Gasteiger partial charge is 0.326 e. The minimum absolute atomic E-state index is 0.0753. The van der Waals surface area contributed by atoms with Crippen molar-refractivity contribution >= 4 is 37.0 Å². The van der Waals surface area contributed by atoms with Crippen molar-refractivity contribution in [3.05, 3.63) is 70.1 Å². The summed E-state index contributed by atoms with van der Waals surface area (Å²) in [6.45, 7) is 6.77. The molecule has 0 bridgehead atoms. The topological polar surface area (TPSA) is 56.4 Å². The first-order chi connectivity index (χ1) is 14.9. The minimum atomic E-state index is -4.58. The van der Waals surface area contributed by atoms with Crippen LogP contribution < -0.4 is 21.3 Å². The first-order valence-corrected chi connectivity index (χ1v) is 14.1. The summed E-state index contributed by atoms with van der Waals surface area (Å²) < 4.78 is 38.9. The number of aryl methyl sites for hydroxylation is 1. The fraction of sp³-hybridized carbons (Fsp3) is 0.318. The van der Waals surface area contributed by atoms with Gasteiger partial charge in [-0.05, 0) is 48.7 Å². The summed E-state index contributed by atoms with van der Waals surface area (Å²) in [5, 5.41) is 5.25. The van der Waals surface area contributed by atoms with Crippen LogP contribution in [0.1, 0.15) is 24.0 Å². The molecule has 2 aromatic rings. The summed E-state index contributed by atoms with van der Waals surface area (Å²) in [6, 6.07) is 11.3. The van der Waals surface area contributed by atoms with E-state index in [4.69, 9.17) is 11.6 Å². The molecule has 32 heavy (non-hydrogen) atoms. The van der Waals surface area contributed by atoms with Crippen LogP contribution in [0, 0.1) is 0 Å². The third-order valence-electron chi connectivity index (χ3n) is 4.99. The lowest BCUT2D eigenvalue weighted by molar-refractivity contribution is -0.137. The number of nitrogens with zero attached hydrogens (tertiary/aromatic N) is 1. The third kappa shape index (κ3) is 6.27. The molecular formula is C22H26ClF3N4OSi. The molecule has 0 unspecified atom stereocenters. The molecule has 2 aromatic carbocycles. The molecule has 0 aliphatic carbocycles. The molecule has 0 radical (unpaired) electrons. The summed E-state index contributed by atoms with van der Waals surface area (Å²) in [5.41, 5.74) is 7.53. The Morgan fingerprint density at radius 3 is 2.56 bits per heavy atom. The van der Waals surface area contributed by atoms with Crippen molar-refractivity contribution in [2.24, 2.45) is 0 Å². The number of halogens is 4. The van der Waals surface area contributed by atoms with Gasteiger partial charge in [-0.1, -0.05) is 43.4 Å². The molecule has 1 amide bonds. The molecule has 10 heteroatoms. The lowest BCUT2D eigenvalue weighted by Gasteiger charge is -2.17. The van der Waals surface area contributed by atoms with Crippen LogP contribution in [0.25, 0.3) is 0 Å². The highest BCUT2D eigenvalue weighted by Crippen LogP contribution is 2.36. The van der Waals surface area contributed by atoms with Gasteiger partial charge in [0.15, 0.2) is 0 Å². The molecule has 172 valence electrons. The van der Waals surface area contributed by atoms with Crippen molar-refractivity contribution in [2.75, 3.05) is 10.3 Å². The SMILES string of the molecule is C[Si](C)(C)C1=CN(c2cccc(CCCC(=O)Nc3ccc(Cl)c(C(F)(F)F)c3)c2)NN1. The number of alkyl halides is 3. The first-order valence-electron chi connectivity index (χ1n) is 10.2. The van der Waals surface area contributed by atoms with Crippen LogP contribution >= 0.6 is 11.6 Å². The molecule has 1 aliphatic rings. The van der Waals surface area contributed by atoms with E-state index in [9.17, 15) is 18.0 Å².